The molecule has 0 bridgehead atoms. The molecular formula is C28H58O. The van der Waals surface area contributed by atoms with Crippen LogP contribution in [-0.4, -0.2) is 6.29 Å². The van der Waals surface area contributed by atoms with Crippen LogP contribution in [0.15, 0.2) is 0 Å². The van der Waals surface area contributed by atoms with Gasteiger partial charge in [-0.15, -0.1) is 0 Å². The first-order chi connectivity index (χ1) is 14.2. The van der Waals surface area contributed by atoms with Gasteiger partial charge in [0.25, 0.3) is 0 Å². The van der Waals surface area contributed by atoms with Crippen molar-refractivity contribution in [3.05, 3.63) is 0 Å². The molecule has 0 radical (unpaired) electrons. The van der Waals surface area contributed by atoms with Crippen molar-refractivity contribution in [2.75, 3.05) is 0 Å². The van der Waals surface area contributed by atoms with Crippen molar-refractivity contribution in [1.82, 2.24) is 0 Å². The maximum Gasteiger partial charge on any atom is 0.122 e. The third-order valence-corrected chi connectivity index (χ3v) is 5.95. The zero-order valence-corrected chi connectivity index (χ0v) is 21.1. The molecule has 1 nitrogen and oxygen atoms in total. The van der Waals surface area contributed by atoms with E-state index in [9.17, 15) is 4.79 Å². The average Bonchev–Trinajstić information content (AvgIpc) is 2.74. The topological polar surface area (TPSA) is 17.1 Å². The Morgan fingerprint density at radius 2 is 0.690 bits per heavy atom. The molecule has 1 atom stereocenters. The SMILES string of the molecule is CCCCCCCCCC(C)C=O.CCCCCCCCCCCCCCCC. The van der Waals surface area contributed by atoms with Gasteiger partial charge in [-0.05, 0) is 6.42 Å². The summed E-state index contributed by atoms with van der Waals surface area (Å²) in [4.78, 5) is 10.3. The molecule has 29 heavy (non-hydrogen) atoms. The van der Waals surface area contributed by atoms with Crippen LogP contribution in [0.25, 0.3) is 0 Å². The van der Waals surface area contributed by atoms with Gasteiger partial charge >= 0.3 is 0 Å². The molecule has 0 amide bonds. The molecular weight excluding hydrogens is 352 g/mol. The molecule has 0 aliphatic heterocycles. The summed E-state index contributed by atoms with van der Waals surface area (Å²) in [6.45, 7) is 8.83. The Balaban J connectivity index is 0. The van der Waals surface area contributed by atoms with Crippen molar-refractivity contribution >= 4 is 6.29 Å². The third-order valence-electron chi connectivity index (χ3n) is 5.95. The largest absolute Gasteiger partial charge is 0.303 e. The van der Waals surface area contributed by atoms with Crippen LogP contribution in [0.5, 0.6) is 0 Å². The molecule has 176 valence electrons. The smallest absolute Gasteiger partial charge is 0.122 e. The van der Waals surface area contributed by atoms with Crippen LogP contribution < -0.4 is 0 Å². The Morgan fingerprint density at radius 1 is 0.448 bits per heavy atom. The van der Waals surface area contributed by atoms with E-state index in [1.807, 2.05) is 6.92 Å². The van der Waals surface area contributed by atoms with Crippen molar-refractivity contribution in [3.63, 3.8) is 0 Å². The van der Waals surface area contributed by atoms with Crippen LogP contribution in [-0.2, 0) is 4.79 Å². The molecule has 0 saturated carbocycles. The van der Waals surface area contributed by atoms with E-state index in [4.69, 9.17) is 0 Å². The monoisotopic (exact) mass is 410 g/mol. The first-order valence-electron chi connectivity index (χ1n) is 13.7. The lowest BCUT2D eigenvalue weighted by molar-refractivity contribution is -0.110. The highest BCUT2D eigenvalue weighted by Gasteiger charge is 1.98. The molecule has 0 aliphatic carbocycles. The maximum atomic E-state index is 10.3. The number of unbranched alkanes of at least 4 members (excludes halogenated alkanes) is 19. The number of carbonyl (C=O) groups excluding carboxylic acids is 1. The van der Waals surface area contributed by atoms with E-state index in [-0.39, 0.29) is 5.92 Å². The lowest BCUT2D eigenvalue weighted by atomic mass is 10.0. The predicted octanol–water partition coefficient (Wildman–Crippen LogP) is 10.4. The number of hydrogen-bond acceptors (Lipinski definition) is 1. The van der Waals surface area contributed by atoms with Gasteiger partial charge in [0.05, 0.1) is 0 Å². The molecule has 0 aliphatic rings. The van der Waals surface area contributed by atoms with Gasteiger partial charge in [0.2, 0.25) is 0 Å². The Labute approximate surface area is 186 Å². The number of rotatable bonds is 22. The summed E-state index contributed by atoms with van der Waals surface area (Å²) < 4.78 is 0. The van der Waals surface area contributed by atoms with Gasteiger partial charge in [0, 0.05) is 5.92 Å². The second-order valence-corrected chi connectivity index (χ2v) is 9.27. The van der Waals surface area contributed by atoms with Gasteiger partial charge in [-0.25, -0.2) is 0 Å². The summed E-state index contributed by atoms with van der Waals surface area (Å²) in [6, 6.07) is 0. The summed E-state index contributed by atoms with van der Waals surface area (Å²) in [5, 5.41) is 0. The molecule has 1 unspecified atom stereocenters. The molecule has 0 heterocycles. The second kappa shape index (κ2) is 29.9. The Kier molecular flexibility index (Phi) is 31.8. The summed E-state index contributed by atoms with van der Waals surface area (Å²) in [7, 11) is 0. The summed E-state index contributed by atoms with van der Waals surface area (Å²) in [5.74, 6) is 0.274. The quantitative estimate of drug-likeness (QED) is 0.128. The number of aldehydes is 1. The maximum absolute atomic E-state index is 10.3. The van der Waals surface area contributed by atoms with E-state index in [1.54, 1.807) is 0 Å². The van der Waals surface area contributed by atoms with Crippen LogP contribution in [0.3, 0.4) is 0 Å². The van der Waals surface area contributed by atoms with Crippen molar-refractivity contribution < 1.29 is 4.79 Å². The fourth-order valence-corrected chi connectivity index (χ4v) is 3.76. The zero-order valence-electron chi connectivity index (χ0n) is 21.1. The first kappa shape index (κ1) is 30.9. The van der Waals surface area contributed by atoms with Crippen LogP contribution in [0.1, 0.15) is 169 Å². The van der Waals surface area contributed by atoms with E-state index < -0.39 is 0 Å². The van der Waals surface area contributed by atoms with Gasteiger partial charge in [-0.3, -0.25) is 0 Å². The molecule has 0 aromatic carbocycles. The summed E-state index contributed by atoms with van der Waals surface area (Å²) in [6.07, 6.45) is 31.9. The van der Waals surface area contributed by atoms with Crippen LogP contribution >= 0.6 is 0 Å². The van der Waals surface area contributed by atoms with Gasteiger partial charge in [-0.1, -0.05) is 163 Å². The second-order valence-electron chi connectivity index (χ2n) is 9.27. The van der Waals surface area contributed by atoms with E-state index in [0.29, 0.717) is 0 Å². The summed E-state index contributed by atoms with van der Waals surface area (Å²) >= 11 is 0. The molecule has 0 aromatic rings. The minimum Gasteiger partial charge on any atom is -0.303 e. The van der Waals surface area contributed by atoms with Gasteiger partial charge < -0.3 is 4.79 Å². The van der Waals surface area contributed by atoms with Crippen molar-refractivity contribution in [1.29, 1.82) is 0 Å². The zero-order chi connectivity index (χ0) is 21.8. The number of hydrogen-bond donors (Lipinski definition) is 0. The minimum atomic E-state index is 0.274. The lowest BCUT2D eigenvalue weighted by Gasteiger charge is -2.02. The predicted molar refractivity (Wildman–Crippen MR) is 134 cm³/mol. The van der Waals surface area contributed by atoms with E-state index >= 15 is 0 Å². The highest BCUT2D eigenvalue weighted by Crippen LogP contribution is 2.13. The Hall–Kier alpha value is -0.330. The average molecular weight is 411 g/mol. The van der Waals surface area contributed by atoms with Gasteiger partial charge in [0.1, 0.15) is 6.29 Å². The van der Waals surface area contributed by atoms with Crippen molar-refractivity contribution in [2.24, 2.45) is 5.92 Å². The van der Waals surface area contributed by atoms with Crippen LogP contribution in [0.4, 0.5) is 0 Å². The van der Waals surface area contributed by atoms with E-state index in [2.05, 4.69) is 20.8 Å². The molecule has 0 fully saturated rings. The minimum absolute atomic E-state index is 0.274. The molecule has 1 heteroatoms. The fraction of sp³-hybridized carbons (Fsp3) is 0.964. The Bertz CT molecular complexity index is 259. The molecule has 0 N–H and O–H groups in total. The number of carbonyl (C=O) groups is 1. The lowest BCUT2D eigenvalue weighted by Crippen LogP contribution is -1.94. The highest BCUT2D eigenvalue weighted by atomic mass is 16.1. The van der Waals surface area contributed by atoms with Gasteiger partial charge in [-0.2, -0.15) is 0 Å². The van der Waals surface area contributed by atoms with Crippen LogP contribution in [0, 0.1) is 5.92 Å². The molecule has 0 aromatic heterocycles. The first-order valence-corrected chi connectivity index (χ1v) is 13.7. The fourth-order valence-electron chi connectivity index (χ4n) is 3.76. The van der Waals surface area contributed by atoms with Crippen molar-refractivity contribution in [2.45, 2.75) is 169 Å². The molecule has 0 rings (SSSR count). The third kappa shape index (κ3) is 32.5. The van der Waals surface area contributed by atoms with Crippen molar-refractivity contribution in [3.8, 4) is 0 Å². The normalized spacial score (nSPS) is 11.7. The van der Waals surface area contributed by atoms with E-state index in [0.717, 1.165) is 12.7 Å². The Morgan fingerprint density at radius 3 is 0.931 bits per heavy atom. The summed E-state index contributed by atoms with van der Waals surface area (Å²) in [5.41, 5.74) is 0. The standard InChI is InChI=1S/C16H34.C12H24O/c1-3-5-7-9-11-13-15-16-14-12-10-8-6-4-2;1-3-4-5-6-7-8-9-10-12(2)11-13/h3-16H2,1-2H3;11-12H,3-10H2,1-2H3. The molecule has 0 spiro atoms. The van der Waals surface area contributed by atoms with Gasteiger partial charge in [0.15, 0.2) is 0 Å². The van der Waals surface area contributed by atoms with Crippen LogP contribution in [0.2, 0.25) is 0 Å². The van der Waals surface area contributed by atoms with E-state index in [1.165, 1.54) is 135 Å². The molecule has 0 saturated heterocycles. The highest BCUT2D eigenvalue weighted by molar-refractivity contribution is 5.52.